The summed E-state index contributed by atoms with van der Waals surface area (Å²) in [5.41, 5.74) is 0.859. The molecule has 5 nitrogen and oxygen atoms in total. The molecule has 0 aliphatic carbocycles. The van der Waals surface area contributed by atoms with Crippen LogP contribution in [0.25, 0.3) is 0 Å². The molecule has 2 aromatic carbocycles. The number of piperazine rings is 1. The van der Waals surface area contributed by atoms with Crippen LogP contribution in [0.4, 0.5) is 5.69 Å². The van der Waals surface area contributed by atoms with Crippen molar-refractivity contribution in [2.24, 2.45) is 0 Å². The van der Waals surface area contributed by atoms with Gasteiger partial charge < -0.3 is 19.9 Å². The predicted octanol–water partition coefficient (Wildman–Crippen LogP) is 0.529. The number of anilines is 1. The minimum atomic E-state index is -0.0444. The number of ether oxygens (including phenoxy) is 1. The summed E-state index contributed by atoms with van der Waals surface area (Å²) in [6, 6.07) is 17.1. The van der Waals surface area contributed by atoms with Gasteiger partial charge >= 0.3 is 0 Å². The van der Waals surface area contributed by atoms with Crippen LogP contribution in [0, 0.1) is 0 Å². The Labute approximate surface area is 165 Å². The molecule has 0 spiro atoms. The van der Waals surface area contributed by atoms with Crippen molar-refractivity contribution in [2.75, 3.05) is 44.6 Å². The summed E-state index contributed by atoms with van der Waals surface area (Å²) in [7, 11) is 0. The molecule has 1 atom stereocenters. The van der Waals surface area contributed by atoms with Gasteiger partial charge in [-0.2, -0.15) is 0 Å². The highest BCUT2D eigenvalue weighted by molar-refractivity contribution is 6.30. The van der Waals surface area contributed by atoms with Gasteiger partial charge in [0.15, 0.2) is 6.04 Å². The maximum absolute atomic E-state index is 12.5. The van der Waals surface area contributed by atoms with Crippen LogP contribution in [0.1, 0.15) is 6.92 Å². The largest absolute Gasteiger partial charge is 0.488 e. The van der Waals surface area contributed by atoms with Crippen molar-refractivity contribution in [3.05, 3.63) is 59.6 Å². The van der Waals surface area contributed by atoms with Gasteiger partial charge in [-0.15, -0.1) is 0 Å². The summed E-state index contributed by atoms with van der Waals surface area (Å²) in [5.74, 6) is 0.944. The van der Waals surface area contributed by atoms with E-state index >= 15 is 0 Å². The number of benzene rings is 2. The van der Waals surface area contributed by atoms with E-state index in [1.54, 1.807) is 0 Å². The second-order valence-electron chi connectivity index (χ2n) is 7.04. The molecule has 2 aromatic rings. The fourth-order valence-electron chi connectivity index (χ4n) is 3.41. The number of para-hydroxylation sites is 1. The number of carbonyl (C=O) groups is 1. The van der Waals surface area contributed by atoms with Crippen LogP contribution in [0.3, 0.4) is 0 Å². The zero-order valence-electron chi connectivity index (χ0n) is 15.7. The molecule has 0 aromatic heterocycles. The van der Waals surface area contributed by atoms with E-state index in [9.17, 15) is 4.79 Å². The molecule has 144 valence electrons. The van der Waals surface area contributed by atoms with E-state index in [1.165, 1.54) is 9.80 Å². The number of amides is 1. The number of hydrogen-bond acceptors (Lipinski definition) is 2. The van der Waals surface area contributed by atoms with E-state index in [0.717, 1.165) is 49.2 Å². The number of hydrogen-bond donors (Lipinski definition) is 3. The molecule has 1 saturated heterocycles. The van der Waals surface area contributed by atoms with Crippen molar-refractivity contribution in [1.29, 1.82) is 0 Å². The Kier molecular flexibility index (Phi) is 7.10. The molecule has 0 saturated carbocycles. The number of carbonyl (C=O) groups excluding carboxylic acids is 1. The highest BCUT2D eigenvalue weighted by Crippen LogP contribution is 2.14. The van der Waals surface area contributed by atoms with Gasteiger partial charge in [0, 0.05) is 10.7 Å². The van der Waals surface area contributed by atoms with Crippen molar-refractivity contribution < 1.29 is 19.3 Å². The molecule has 6 heteroatoms. The Balaban J connectivity index is 1.37. The van der Waals surface area contributed by atoms with Crippen LogP contribution >= 0.6 is 11.6 Å². The number of rotatable bonds is 7. The normalized spacial score (nSPS) is 20.7. The lowest BCUT2D eigenvalue weighted by molar-refractivity contribution is -1.02. The summed E-state index contributed by atoms with van der Waals surface area (Å²) >= 11 is 5.88. The third-order valence-electron chi connectivity index (χ3n) is 5.18. The van der Waals surface area contributed by atoms with Crippen molar-refractivity contribution >= 4 is 23.2 Å². The minimum absolute atomic E-state index is 0.0444. The van der Waals surface area contributed by atoms with Crippen LogP contribution in [-0.2, 0) is 4.79 Å². The van der Waals surface area contributed by atoms with Gasteiger partial charge in [-0.25, -0.2) is 0 Å². The smallest absolute Gasteiger partial charge is 0.282 e. The van der Waals surface area contributed by atoms with Crippen molar-refractivity contribution in [3.63, 3.8) is 0 Å². The molecule has 3 rings (SSSR count). The van der Waals surface area contributed by atoms with Gasteiger partial charge in [-0.05, 0) is 43.3 Å². The second kappa shape index (κ2) is 9.74. The van der Waals surface area contributed by atoms with Gasteiger partial charge in [0.25, 0.3) is 5.91 Å². The molecule has 1 heterocycles. The quantitative estimate of drug-likeness (QED) is 0.647. The summed E-state index contributed by atoms with van der Waals surface area (Å²) in [4.78, 5) is 15.4. The average Bonchev–Trinajstić information content (AvgIpc) is 2.70. The number of nitrogens with one attached hydrogen (secondary N) is 3. The molecule has 0 radical (unpaired) electrons. The van der Waals surface area contributed by atoms with Crippen LogP contribution in [0.15, 0.2) is 54.6 Å². The lowest BCUT2D eigenvalue weighted by atomic mass is 10.2. The van der Waals surface area contributed by atoms with E-state index in [1.807, 2.05) is 61.5 Å². The van der Waals surface area contributed by atoms with E-state index in [4.69, 9.17) is 16.3 Å². The van der Waals surface area contributed by atoms with Gasteiger partial charge in [0.2, 0.25) is 0 Å². The van der Waals surface area contributed by atoms with E-state index in [0.29, 0.717) is 6.61 Å². The van der Waals surface area contributed by atoms with E-state index in [-0.39, 0.29) is 11.9 Å². The zero-order valence-corrected chi connectivity index (χ0v) is 16.5. The van der Waals surface area contributed by atoms with Crippen LogP contribution < -0.4 is 19.9 Å². The summed E-state index contributed by atoms with van der Waals surface area (Å²) in [6.07, 6.45) is 0. The fourth-order valence-corrected chi connectivity index (χ4v) is 3.54. The molecule has 1 fully saturated rings. The molecule has 0 unspecified atom stereocenters. The Morgan fingerprint density at radius 1 is 1.07 bits per heavy atom. The zero-order chi connectivity index (χ0) is 19.1. The summed E-state index contributed by atoms with van der Waals surface area (Å²) in [5, 5.41) is 3.73. The van der Waals surface area contributed by atoms with Gasteiger partial charge in [-0.1, -0.05) is 29.8 Å². The summed E-state index contributed by atoms with van der Waals surface area (Å²) < 4.78 is 5.79. The monoisotopic (exact) mass is 389 g/mol. The first-order valence-corrected chi connectivity index (χ1v) is 9.92. The maximum Gasteiger partial charge on any atom is 0.282 e. The lowest BCUT2D eigenvalue weighted by Crippen LogP contribution is -3.30. The van der Waals surface area contributed by atoms with Gasteiger partial charge in [0.1, 0.15) is 45.1 Å². The standard InChI is InChI=1S/C21H26ClN3O2/c1-17(21(26)23-19-5-3-2-4-6-19)25-13-11-24(12-14-25)15-16-27-20-9-7-18(22)8-10-20/h2-10,17H,11-16H2,1H3,(H,23,26)/p+2/t17-/m1/s1. The lowest BCUT2D eigenvalue weighted by Gasteiger charge is -2.32. The molecular weight excluding hydrogens is 362 g/mol. The molecule has 27 heavy (non-hydrogen) atoms. The highest BCUT2D eigenvalue weighted by Gasteiger charge is 2.30. The first-order chi connectivity index (χ1) is 13.1. The third kappa shape index (κ3) is 5.96. The van der Waals surface area contributed by atoms with Gasteiger partial charge in [-0.3, -0.25) is 4.79 Å². The Morgan fingerprint density at radius 2 is 1.74 bits per heavy atom. The van der Waals surface area contributed by atoms with Crippen LogP contribution in [0.2, 0.25) is 5.02 Å². The van der Waals surface area contributed by atoms with Crippen molar-refractivity contribution in [2.45, 2.75) is 13.0 Å². The highest BCUT2D eigenvalue weighted by atomic mass is 35.5. The second-order valence-corrected chi connectivity index (χ2v) is 7.47. The Hall–Kier alpha value is -2.08. The Bertz CT molecular complexity index is 716. The molecular formula is C21H28ClN3O2+2. The Morgan fingerprint density at radius 3 is 2.41 bits per heavy atom. The predicted molar refractivity (Wildman–Crippen MR) is 108 cm³/mol. The van der Waals surface area contributed by atoms with E-state index < -0.39 is 0 Å². The average molecular weight is 390 g/mol. The first kappa shape index (κ1) is 19.7. The molecule has 0 bridgehead atoms. The van der Waals surface area contributed by atoms with Crippen LogP contribution in [0.5, 0.6) is 5.75 Å². The fraction of sp³-hybridized carbons (Fsp3) is 0.381. The van der Waals surface area contributed by atoms with Gasteiger partial charge in [0.05, 0.1) is 0 Å². The first-order valence-electron chi connectivity index (χ1n) is 9.54. The molecule has 1 aliphatic rings. The number of quaternary nitrogens is 2. The molecule has 1 aliphatic heterocycles. The molecule has 3 N–H and O–H groups in total. The molecule has 1 amide bonds. The van der Waals surface area contributed by atoms with Crippen molar-refractivity contribution in [3.8, 4) is 5.75 Å². The summed E-state index contributed by atoms with van der Waals surface area (Å²) in [6.45, 7) is 7.79. The third-order valence-corrected chi connectivity index (χ3v) is 5.44. The van der Waals surface area contributed by atoms with Crippen molar-refractivity contribution in [1.82, 2.24) is 0 Å². The topological polar surface area (TPSA) is 47.2 Å². The maximum atomic E-state index is 12.5. The van der Waals surface area contributed by atoms with Crippen LogP contribution in [-0.4, -0.2) is 51.3 Å². The number of halogens is 1. The minimum Gasteiger partial charge on any atom is -0.488 e. The van der Waals surface area contributed by atoms with E-state index in [2.05, 4.69) is 5.32 Å². The SMILES string of the molecule is C[C@H](C(=O)Nc1ccccc1)[NH+]1CC[NH+](CCOc2ccc(Cl)cc2)CC1.